The summed E-state index contributed by atoms with van der Waals surface area (Å²) < 4.78 is 81.0. The van der Waals surface area contributed by atoms with Crippen LogP contribution in [0.25, 0.3) is 0 Å². The maximum absolute atomic E-state index is 13.1. The number of aliphatic hydroxyl groups excluding tert-OH is 1. The number of amides is 1. The number of hydrogen-bond donors (Lipinski definition) is 1. The van der Waals surface area contributed by atoms with Crippen molar-refractivity contribution < 1.29 is 41.1 Å². The Labute approximate surface area is 303 Å². The first-order valence-corrected chi connectivity index (χ1v) is 20.9. The van der Waals surface area contributed by atoms with Gasteiger partial charge in [0.15, 0.2) is 0 Å². The standard InChI is InChI=1S/C39H57F5N2O4S/c1-36-18-16-31-30-13-12-29(50-35(48)46-25-37(26-46)23-45(2)24-37)22-28(30)21-27(34(31)32(36)14-15-33(36)47)11-8-6-4-3-5-7-9-19-51(49)20-10-17-38(40,41)39(42,43)44/h12-13,22,27,31-34,47H,3-11,14-21,23-26H2,1-2H3/t27-,31-,32+,33+,34-,36+,51?/m1/s1. The fraction of sp³-hybridized carbons (Fsp3) is 0.821. The highest BCUT2D eigenvalue weighted by atomic mass is 32.2. The molecule has 2 saturated carbocycles. The molecule has 0 bridgehead atoms. The highest BCUT2D eigenvalue weighted by molar-refractivity contribution is 7.91. The summed E-state index contributed by atoms with van der Waals surface area (Å²) in [6, 6.07) is 6.31. The summed E-state index contributed by atoms with van der Waals surface area (Å²) in [5, 5.41) is 11.0. The van der Waals surface area contributed by atoms with Gasteiger partial charge in [-0.3, -0.25) is 0 Å². The van der Waals surface area contributed by atoms with Crippen molar-refractivity contribution in [3.05, 3.63) is 29.3 Å². The van der Waals surface area contributed by atoms with Gasteiger partial charge in [0.1, 0.15) is 17.3 Å². The second-order valence-electron chi connectivity index (χ2n) is 17.1. The molecule has 1 aromatic rings. The smallest absolute Gasteiger partial charge is 0.453 e. The number of hydrogen-bond acceptors (Lipinski definition) is 5. The number of rotatable bonds is 15. The normalized spacial score (nSPS) is 30.6. The van der Waals surface area contributed by atoms with Crippen LogP contribution in [-0.2, 0) is 17.6 Å². The summed E-state index contributed by atoms with van der Waals surface area (Å²) in [6.45, 7) is 5.92. The van der Waals surface area contributed by atoms with Crippen LogP contribution in [0, 0.1) is 28.6 Å². The van der Waals surface area contributed by atoms with Crippen LogP contribution in [0.5, 0.6) is 5.75 Å². The number of ether oxygens (including phenoxy) is 1. The van der Waals surface area contributed by atoms with E-state index in [1.165, 1.54) is 11.1 Å². The van der Waals surface area contributed by atoms with Crippen molar-refractivity contribution in [2.24, 2.45) is 28.6 Å². The first kappa shape index (κ1) is 39.1. The van der Waals surface area contributed by atoms with Crippen molar-refractivity contribution in [3.8, 4) is 5.75 Å². The van der Waals surface area contributed by atoms with Crippen LogP contribution < -0.4 is 4.74 Å². The third-order valence-corrected chi connectivity index (χ3v) is 14.8. The Kier molecular flexibility index (Phi) is 12.0. The van der Waals surface area contributed by atoms with Gasteiger partial charge in [-0.05, 0) is 117 Å². The van der Waals surface area contributed by atoms with E-state index in [1.54, 1.807) is 0 Å². The summed E-state index contributed by atoms with van der Waals surface area (Å²) in [6.07, 6.45) is 5.37. The molecule has 3 aliphatic carbocycles. The van der Waals surface area contributed by atoms with Gasteiger partial charge in [-0.2, -0.15) is 22.0 Å². The second kappa shape index (κ2) is 15.6. The van der Waals surface area contributed by atoms with Crippen molar-refractivity contribution in [3.63, 3.8) is 0 Å². The van der Waals surface area contributed by atoms with E-state index in [0.717, 1.165) is 103 Å². The molecule has 51 heavy (non-hydrogen) atoms. The van der Waals surface area contributed by atoms with Crippen LogP contribution in [0.4, 0.5) is 26.7 Å². The molecule has 1 unspecified atom stereocenters. The quantitative estimate of drug-likeness (QED) is 0.111. The lowest BCUT2D eigenvalue weighted by Gasteiger charge is -2.58. The van der Waals surface area contributed by atoms with Gasteiger partial charge in [0.05, 0.1) is 6.10 Å². The van der Waals surface area contributed by atoms with E-state index >= 15 is 0 Å². The van der Waals surface area contributed by atoms with Gasteiger partial charge in [-0.1, -0.05) is 56.3 Å². The maximum Gasteiger partial charge on any atom is 0.453 e. The topological polar surface area (TPSA) is 76.1 Å². The number of aliphatic hydroxyl groups is 1. The summed E-state index contributed by atoms with van der Waals surface area (Å²) in [4.78, 5) is 17.1. The molecule has 1 amide bonds. The largest absolute Gasteiger partial charge is 0.616 e. The number of carbonyl (C=O) groups excluding carboxylic acids is 1. The van der Waals surface area contributed by atoms with E-state index in [-0.39, 0.29) is 28.8 Å². The molecular formula is C39H57F5N2O4S. The minimum Gasteiger partial charge on any atom is -0.616 e. The van der Waals surface area contributed by atoms with Gasteiger partial charge >= 0.3 is 18.2 Å². The number of fused-ring (bicyclic) bond motifs is 5. The van der Waals surface area contributed by atoms with E-state index in [2.05, 4.69) is 31.0 Å². The Hall–Kier alpha value is -1.63. The predicted molar refractivity (Wildman–Crippen MR) is 189 cm³/mol. The fourth-order valence-corrected chi connectivity index (χ4v) is 11.9. The zero-order valence-electron chi connectivity index (χ0n) is 30.3. The molecular weight excluding hydrogens is 687 g/mol. The molecule has 1 aromatic carbocycles. The number of benzene rings is 1. The molecule has 288 valence electrons. The lowest BCUT2D eigenvalue weighted by atomic mass is 9.52. The second-order valence-corrected chi connectivity index (χ2v) is 18.8. The Bertz CT molecular complexity index is 1350. The van der Waals surface area contributed by atoms with Gasteiger partial charge in [0, 0.05) is 38.0 Å². The van der Waals surface area contributed by atoms with Gasteiger partial charge in [0.25, 0.3) is 0 Å². The van der Waals surface area contributed by atoms with Crippen LogP contribution in [-0.4, -0.2) is 88.5 Å². The molecule has 0 aromatic heterocycles. The Morgan fingerprint density at radius 1 is 0.961 bits per heavy atom. The monoisotopic (exact) mass is 744 g/mol. The van der Waals surface area contributed by atoms with Crippen molar-refractivity contribution in [1.29, 1.82) is 0 Å². The SMILES string of the molecule is CN1CC2(C1)CN(C(=O)Oc1ccc3c(c1)C[C@@H](CCCCCCCCC[S+]([O-])CCCC(F)(F)C(F)(F)F)[C@@H]1[C@@H]3CC[C@]3(C)[C@@H](O)CC[C@@H]13)C2. The number of likely N-dealkylation sites (tertiary alicyclic amines) is 2. The van der Waals surface area contributed by atoms with Crippen molar-refractivity contribution in [2.45, 2.75) is 127 Å². The van der Waals surface area contributed by atoms with Crippen LogP contribution >= 0.6 is 0 Å². The average molecular weight is 745 g/mol. The fourth-order valence-electron chi connectivity index (χ4n) is 10.7. The van der Waals surface area contributed by atoms with E-state index in [4.69, 9.17) is 4.74 Å². The molecule has 5 aliphatic rings. The molecule has 2 saturated heterocycles. The van der Waals surface area contributed by atoms with Crippen molar-refractivity contribution in [2.75, 3.05) is 44.7 Å². The van der Waals surface area contributed by atoms with Crippen molar-refractivity contribution in [1.82, 2.24) is 9.80 Å². The Morgan fingerprint density at radius 2 is 1.63 bits per heavy atom. The highest BCUT2D eigenvalue weighted by Gasteiger charge is 2.58. The summed E-state index contributed by atoms with van der Waals surface area (Å²) in [7, 11) is 2.11. The molecule has 7 atom stereocenters. The van der Waals surface area contributed by atoms with Crippen molar-refractivity contribution >= 4 is 17.3 Å². The molecule has 6 rings (SSSR count). The molecule has 1 spiro atoms. The van der Waals surface area contributed by atoms with Crippen LogP contribution in [0.15, 0.2) is 18.2 Å². The van der Waals surface area contributed by atoms with Gasteiger partial charge in [-0.15, -0.1) is 0 Å². The maximum atomic E-state index is 13.1. The van der Waals surface area contributed by atoms with E-state index in [1.807, 2.05) is 11.0 Å². The predicted octanol–water partition coefficient (Wildman–Crippen LogP) is 8.72. The number of halogens is 5. The Morgan fingerprint density at radius 3 is 2.31 bits per heavy atom. The third kappa shape index (κ3) is 8.54. The lowest BCUT2D eigenvalue weighted by Crippen LogP contribution is -2.72. The number of carbonyl (C=O) groups is 1. The molecule has 2 heterocycles. The van der Waals surface area contributed by atoms with Gasteiger partial charge in [-0.25, -0.2) is 4.79 Å². The van der Waals surface area contributed by atoms with Crippen LogP contribution in [0.1, 0.15) is 114 Å². The molecule has 12 heteroatoms. The zero-order chi connectivity index (χ0) is 36.6. The molecule has 1 N–H and O–H groups in total. The summed E-state index contributed by atoms with van der Waals surface area (Å²) in [5.74, 6) is -1.84. The molecule has 4 fully saturated rings. The first-order valence-electron chi connectivity index (χ1n) is 19.4. The lowest BCUT2D eigenvalue weighted by molar-refractivity contribution is -0.284. The number of nitrogens with zero attached hydrogens (tertiary/aromatic N) is 2. The van der Waals surface area contributed by atoms with E-state index in [9.17, 15) is 36.4 Å². The minimum atomic E-state index is -5.55. The van der Waals surface area contributed by atoms with Crippen LogP contribution in [0.3, 0.4) is 0 Å². The number of unbranched alkanes of at least 4 members (excludes halogenated alkanes) is 6. The van der Waals surface area contributed by atoms with Gasteiger partial charge in [0.2, 0.25) is 0 Å². The van der Waals surface area contributed by atoms with Gasteiger partial charge < -0.3 is 24.2 Å². The minimum absolute atomic E-state index is 0.0198. The molecule has 0 radical (unpaired) electrons. The zero-order valence-corrected chi connectivity index (χ0v) is 31.1. The molecule has 6 nitrogen and oxygen atoms in total. The summed E-state index contributed by atoms with van der Waals surface area (Å²) in [5.41, 5.74) is 2.95. The van der Waals surface area contributed by atoms with E-state index in [0.29, 0.717) is 41.6 Å². The van der Waals surface area contributed by atoms with E-state index < -0.39 is 36.1 Å². The van der Waals surface area contributed by atoms with Crippen LogP contribution in [0.2, 0.25) is 0 Å². The third-order valence-electron chi connectivity index (χ3n) is 13.3. The average Bonchev–Trinajstić information content (AvgIpc) is 3.33. The number of alkyl halides is 5. The highest BCUT2D eigenvalue weighted by Crippen LogP contribution is 2.63. The Balaban J connectivity index is 0.953. The summed E-state index contributed by atoms with van der Waals surface area (Å²) >= 11 is -1.37. The first-order chi connectivity index (χ1) is 24.1. The molecule has 2 aliphatic heterocycles.